The van der Waals surface area contributed by atoms with Gasteiger partial charge in [0.2, 0.25) is 0 Å². The van der Waals surface area contributed by atoms with Gasteiger partial charge in [-0.2, -0.15) is 0 Å². The van der Waals surface area contributed by atoms with E-state index in [-0.39, 0.29) is 40.5 Å². The number of rotatable bonds is 2. The zero-order valence-electron chi connectivity index (χ0n) is 8.83. The Morgan fingerprint density at radius 3 is 0.900 bits per heavy atom. The van der Waals surface area contributed by atoms with Crippen molar-refractivity contribution in [1.82, 2.24) is 0 Å². The summed E-state index contributed by atoms with van der Waals surface area (Å²) in [5.74, 6) is 0. The van der Waals surface area contributed by atoms with Crippen molar-refractivity contribution in [1.29, 1.82) is 0 Å². The van der Waals surface area contributed by atoms with Crippen LogP contribution in [-0.2, 0) is 0 Å². The average Bonchev–Trinajstić information content (AvgIpc) is 1.88. The van der Waals surface area contributed by atoms with Crippen molar-refractivity contribution in [3.05, 3.63) is 0 Å². The minimum Gasteiger partial charge on any atom is -1.00 e. The molecule has 0 N–H and O–H groups in total. The number of hydrogen-bond donors (Lipinski definition) is 0. The van der Waals surface area contributed by atoms with Crippen LogP contribution in [0.4, 0.5) is 0 Å². The first kappa shape index (κ1) is 22.5. The molecule has 0 atom stereocenters. The van der Waals surface area contributed by atoms with Gasteiger partial charge >= 0.3 is 18.9 Å². The summed E-state index contributed by atoms with van der Waals surface area (Å²) >= 11 is 0. The van der Waals surface area contributed by atoms with Crippen molar-refractivity contribution in [2.24, 2.45) is 0 Å². The third-order valence-electron chi connectivity index (χ3n) is 1.000. The summed E-state index contributed by atoms with van der Waals surface area (Å²) < 4.78 is 0. The molecule has 0 aromatic carbocycles. The van der Waals surface area contributed by atoms with Gasteiger partial charge in [-0.05, 0) is 0 Å². The minimum atomic E-state index is 0. The molecule has 0 heterocycles. The summed E-state index contributed by atoms with van der Waals surface area (Å²) in [4.78, 5) is 0. The Hall–Kier alpha value is 1.13. The normalized spacial score (nSPS) is 6.00. The fraction of sp³-hybridized carbons (Fsp3) is 1.00. The molecule has 64 valence electrons. The van der Waals surface area contributed by atoms with Crippen molar-refractivity contribution in [2.45, 2.75) is 53.4 Å². The van der Waals surface area contributed by atoms with Crippen LogP contribution in [0.5, 0.6) is 0 Å². The average molecular weight is 158 g/mol. The molecule has 0 bridgehead atoms. The second-order valence-electron chi connectivity index (χ2n) is 2.00. The molecule has 0 saturated carbocycles. The fourth-order valence-corrected chi connectivity index (χ4v) is 0. The van der Waals surface area contributed by atoms with Crippen LogP contribution >= 0.6 is 0 Å². The van der Waals surface area contributed by atoms with Gasteiger partial charge in [-0.25, -0.2) is 0 Å². The molecular formula is C8H28AlLi. The summed E-state index contributed by atoms with van der Waals surface area (Å²) in [6.07, 6.45) is 5.28. The predicted octanol–water partition coefficient (Wildman–Crippen LogP) is 0.0374. The summed E-state index contributed by atoms with van der Waals surface area (Å²) in [5.41, 5.74) is 0. The van der Waals surface area contributed by atoms with Gasteiger partial charge in [0.1, 0.15) is 0 Å². The van der Waals surface area contributed by atoms with Crippen molar-refractivity contribution in [3.8, 4) is 0 Å². The van der Waals surface area contributed by atoms with Gasteiger partial charge < -0.3 is 1.43 Å². The van der Waals surface area contributed by atoms with E-state index >= 15 is 0 Å². The van der Waals surface area contributed by atoms with Crippen molar-refractivity contribution in [3.63, 3.8) is 0 Å². The molecule has 0 nitrogen and oxygen atoms in total. The molecule has 0 rings (SSSR count). The van der Waals surface area contributed by atoms with Gasteiger partial charge in [0.05, 0.1) is 0 Å². The van der Waals surface area contributed by atoms with Crippen LogP contribution in [0.1, 0.15) is 57.7 Å². The van der Waals surface area contributed by atoms with E-state index in [0.29, 0.717) is 0 Å². The van der Waals surface area contributed by atoms with Crippen molar-refractivity contribution < 1.29 is 23.1 Å². The maximum atomic E-state index is 2.18. The first-order chi connectivity index (χ1) is 3.83. The van der Waals surface area contributed by atoms with E-state index in [4.69, 9.17) is 0 Å². The molecule has 0 amide bonds. The molecule has 0 spiro atoms. The fourth-order valence-electron chi connectivity index (χ4n) is 0. The summed E-state index contributed by atoms with van der Waals surface area (Å²) in [5, 5.41) is 0. The molecule has 2 heteroatoms. The summed E-state index contributed by atoms with van der Waals surface area (Å²) in [6.45, 7) is 8.72. The van der Waals surface area contributed by atoms with E-state index in [2.05, 4.69) is 27.7 Å². The monoisotopic (exact) mass is 158 g/mol. The second kappa shape index (κ2) is 32.1. The van der Waals surface area contributed by atoms with E-state index in [1.54, 1.807) is 0 Å². The molecular weight excluding hydrogens is 130 g/mol. The first-order valence-corrected chi connectivity index (χ1v) is 3.83. The Balaban J connectivity index is -0.00000000800. The minimum absolute atomic E-state index is 0. The molecule has 0 radical (unpaired) electrons. The van der Waals surface area contributed by atoms with Gasteiger partial charge in [-0.1, -0.05) is 53.4 Å². The van der Waals surface area contributed by atoms with Gasteiger partial charge in [-0.3, -0.25) is 0 Å². The van der Waals surface area contributed by atoms with E-state index in [0.717, 1.165) is 0 Å². The zero-order chi connectivity index (χ0) is 6.83. The Kier molecular flexibility index (Phi) is 72.1. The SMILES string of the molecule is CCCC.CCCC.[AlH3].[H-].[HH].[HH].[Li+]. The number of hydrogen-bond acceptors (Lipinski definition) is 0. The van der Waals surface area contributed by atoms with E-state index < -0.39 is 0 Å². The van der Waals surface area contributed by atoms with Crippen LogP contribution in [0.2, 0.25) is 0 Å². The van der Waals surface area contributed by atoms with Gasteiger partial charge in [0.15, 0.2) is 17.4 Å². The van der Waals surface area contributed by atoms with Crippen LogP contribution in [0.15, 0.2) is 0 Å². The maximum Gasteiger partial charge on any atom is 1.00 e. The van der Waals surface area contributed by atoms with Crippen LogP contribution in [-0.4, -0.2) is 17.4 Å². The topological polar surface area (TPSA) is 0 Å². The Morgan fingerprint density at radius 2 is 0.900 bits per heavy atom. The second-order valence-corrected chi connectivity index (χ2v) is 2.00. The zero-order valence-corrected chi connectivity index (χ0v) is 7.83. The quantitative estimate of drug-likeness (QED) is 0.498. The molecule has 0 unspecified atom stereocenters. The van der Waals surface area contributed by atoms with Crippen LogP contribution < -0.4 is 18.9 Å². The van der Waals surface area contributed by atoms with Gasteiger partial charge in [-0.15, -0.1) is 0 Å². The molecule has 0 aromatic heterocycles. The maximum absolute atomic E-state index is 2.18. The van der Waals surface area contributed by atoms with Gasteiger partial charge in [0, 0.05) is 2.85 Å². The summed E-state index contributed by atoms with van der Waals surface area (Å²) in [7, 11) is 0. The first-order valence-electron chi connectivity index (χ1n) is 3.83. The number of unbranched alkanes of at least 4 members (excludes halogenated alkanes) is 2. The standard InChI is InChI=1S/2C4H10.Al.Li.2H2.4H/c2*1-3-4-2;;;;;;;;/h2*3-4H2,1-2H3;;;2*1H;;;;/q;;;+1;;;;;;-1. The van der Waals surface area contributed by atoms with E-state index in [9.17, 15) is 0 Å². The third-order valence-corrected chi connectivity index (χ3v) is 1.000. The molecule has 0 aromatic rings. The van der Waals surface area contributed by atoms with E-state index in [1.807, 2.05) is 0 Å². The van der Waals surface area contributed by atoms with Crippen LogP contribution in [0, 0.1) is 0 Å². The molecule has 0 aliphatic heterocycles. The van der Waals surface area contributed by atoms with Crippen LogP contribution in [0.3, 0.4) is 0 Å². The van der Waals surface area contributed by atoms with Crippen molar-refractivity contribution in [2.75, 3.05) is 0 Å². The summed E-state index contributed by atoms with van der Waals surface area (Å²) in [6, 6.07) is 0. The Labute approximate surface area is 93.9 Å². The molecule has 0 saturated heterocycles. The van der Waals surface area contributed by atoms with E-state index in [1.165, 1.54) is 25.7 Å². The molecule has 0 fully saturated rings. The van der Waals surface area contributed by atoms with Crippen molar-refractivity contribution >= 4 is 17.4 Å². The third kappa shape index (κ3) is 61.6. The van der Waals surface area contributed by atoms with Crippen LogP contribution in [0.25, 0.3) is 0 Å². The smallest absolute Gasteiger partial charge is 1.00 e. The van der Waals surface area contributed by atoms with Gasteiger partial charge in [0.25, 0.3) is 0 Å². The molecule has 0 aliphatic carbocycles. The predicted molar refractivity (Wildman–Crippen MR) is 56.4 cm³/mol. The Bertz CT molecular complexity index is 27.4. The molecule has 0 aliphatic rings. The molecule has 10 heavy (non-hydrogen) atoms. The largest absolute Gasteiger partial charge is 1.00 e. The Morgan fingerprint density at radius 1 is 0.800 bits per heavy atom.